The highest BCUT2D eigenvalue weighted by molar-refractivity contribution is 5.89. The summed E-state index contributed by atoms with van der Waals surface area (Å²) in [7, 11) is 0. The molecule has 1 aliphatic heterocycles. The fourth-order valence-corrected chi connectivity index (χ4v) is 3.23. The molecule has 0 aromatic carbocycles. The van der Waals surface area contributed by atoms with Crippen LogP contribution in [0.4, 0.5) is 5.82 Å². The number of hydrogen-bond donors (Lipinski definition) is 2. The number of hydrogen-bond acceptors (Lipinski definition) is 4. The van der Waals surface area contributed by atoms with Gasteiger partial charge in [0.05, 0.1) is 0 Å². The first-order valence-corrected chi connectivity index (χ1v) is 6.58. The number of aromatic nitrogens is 2. The first-order valence-electron chi connectivity index (χ1n) is 6.58. The van der Waals surface area contributed by atoms with Crippen LogP contribution in [-0.4, -0.2) is 27.3 Å². The van der Waals surface area contributed by atoms with E-state index in [1.165, 1.54) is 6.07 Å². The maximum Gasteiger partial charge on any atom is 0.341 e. The average molecular weight is 281 g/mol. The van der Waals surface area contributed by atoms with Crippen molar-refractivity contribution in [1.82, 2.24) is 9.97 Å². The lowest BCUT2D eigenvalue weighted by molar-refractivity contribution is 0.0695. The monoisotopic (exact) mass is 281 g/mol. The molecule has 1 atom stereocenters. The van der Waals surface area contributed by atoms with Gasteiger partial charge in [0.25, 0.3) is 5.56 Å². The van der Waals surface area contributed by atoms with Crippen LogP contribution in [-0.2, 0) is 18.3 Å². The van der Waals surface area contributed by atoms with Gasteiger partial charge in [-0.05, 0) is 24.1 Å². The Labute approximate surface area is 119 Å². The van der Waals surface area contributed by atoms with Crippen molar-refractivity contribution in [2.24, 2.45) is 4.99 Å². The molecule has 0 saturated heterocycles. The Morgan fingerprint density at radius 1 is 1.38 bits per heavy atom. The Morgan fingerprint density at radius 2 is 2.24 bits per heavy atom. The van der Waals surface area contributed by atoms with Crippen LogP contribution in [0.15, 0.2) is 34.2 Å². The van der Waals surface area contributed by atoms with Crippen LogP contribution in [0.2, 0.25) is 0 Å². The van der Waals surface area contributed by atoms with E-state index in [0.29, 0.717) is 18.7 Å². The largest absolute Gasteiger partial charge is 0.477 e. The zero-order valence-electron chi connectivity index (χ0n) is 11.0. The van der Waals surface area contributed by atoms with Crippen molar-refractivity contribution in [2.45, 2.75) is 18.3 Å². The van der Waals surface area contributed by atoms with Gasteiger partial charge in [0.1, 0.15) is 5.56 Å². The van der Waals surface area contributed by atoms with Crippen molar-refractivity contribution in [3.8, 4) is 0 Å². The maximum atomic E-state index is 11.8. The second-order valence-electron chi connectivity index (χ2n) is 5.46. The molecule has 2 aromatic rings. The number of aromatic amines is 1. The third-order valence-electron chi connectivity index (χ3n) is 4.20. The molecule has 21 heavy (non-hydrogen) atoms. The number of nitrogens with zero attached hydrogens (tertiary/aromatic N) is 2. The van der Waals surface area contributed by atoms with Gasteiger partial charge < -0.3 is 10.1 Å². The molecule has 2 aliphatic rings. The van der Waals surface area contributed by atoms with Crippen molar-refractivity contribution in [3.05, 3.63) is 57.1 Å². The van der Waals surface area contributed by atoms with E-state index in [2.05, 4.69) is 15.0 Å². The van der Waals surface area contributed by atoms with Gasteiger partial charge in [0, 0.05) is 35.5 Å². The van der Waals surface area contributed by atoms with Crippen molar-refractivity contribution in [2.75, 3.05) is 0 Å². The third kappa shape index (κ3) is 1.59. The molecule has 2 N–H and O–H groups in total. The lowest BCUT2D eigenvalue weighted by Gasteiger charge is -2.20. The summed E-state index contributed by atoms with van der Waals surface area (Å²) in [5, 5.41) is 9.06. The van der Waals surface area contributed by atoms with Gasteiger partial charge >= 0.3 is 5.97 Å². The van der Waals surface area contributed by atoms with Crippen molar-refractivity contribution in [1.29, 1.82) is 0 Å². The van der Waals surface area contributed by atoms with Gasteiger partial charge in [0.15, 0.2) is 5.82 Å². The van der Waals surface area contributed by atoms with Crippen LogP contribution >= 0.6 is 0 Å². The zero-order chi connectivity index (χ0) is 14.6. The molecule has 3 heterocycles. The molecule has 104 valence electrons. The fraction of sp³-hybridized carbons (Fsp3) is 0.200. The Kier molecular flexibility index (Phi) is 2.22. The Balaban J connectivity index is 1.84. The Bertz CT molecular complexity index is 869. The standard InChI is InChI=1S/C15H11N3O3/c19-13-9(14(20)21)4-8-5-15(6-11(8)18-13)7-17-12-10(15)2-1-3-16-12/h1-4,7H,5-6H2,(H,18,19)(H,20,21)/t15-/m1/s1. The highest BCUT2D eigenvalue weighted by atomic mass is 16.4. The molecule has 0 unspecified atom stereocenters. The number of carboxylic acids is 1. The van der Waals surface area contributed by atoms with Crippen molar-refractivity contribution in [3.63, 3.8) is 0 Å². The molecular formula is C15H11N3O3. The predicted molar refractivity (Wildman–Crippen MR) is 75.5 cm³/mol. The van der Waals surface area contributed by atoms with E-state index < -0.39 is 11.5 Å². The molecule has 6 nitrogen and oxygen atoms in total. The maximum absolute atomic E-state index is 11.8. The minimum absolute atomic E-state index is 0.216. The molecular weight excluding hydrogens is 270 g/mol. The number of rotatable bonds is 1. The summed E-state index contributed by atoms with van der Waals surface area (Å²) >= 11 is 0. The summed E-state index contributed by atoms with van der Waals surface area (Å²) in [6.45, 7) is 0. The van der Waals surface area contributed by atoms with E-state index in [1.54, 1.807) is 6.20 Å². The molecule has 0 amide bonds. The number of aromatic carboxylic acids is 1. The number of fused-ring (bicyclic) bond motifs is 3. The zero-order valence-corrected chi connectivity index (χ0v) is 11.0. The van der Waals surface area contributed by atoms with Gasteiger partial charge in [-0.15, -0.1) is 0 Å². The summed E-state index contributed by atoms with van der Waals surface area (Å²) in [6, 6.07) is 5.33. The Morgan fingerprint density at radius 3 is 3.05 bits per heavy atom. The highest BCUT2D eigenvalue weighted by Crippen LogP contribution is 2.44. The normalized spacial score (nSPS) is 21.5. The molecule has 2 aromatic heterocycles. The van der Waals surface area contributed by atoms with Gasteiger partial charge in [-0.3, -0.25) is 4.79 Å². The second-order valence-corrected chi connectivity index (χ2v) is 5.46. The molecule has 0 saturated carbocycles. The first kappa shape index (κ1) is 12.0. The summed E-state index contributed by atoms with van der Waals surface area (Å²) in [5.41, 5.74) is 1.58. The minimum atomic E-state index is -1.21. The third-order valence-corrected chi connectivity index (χ3v) is 4.20. The lowest BCUT2D eigenvalue weighted by atomic mass is 9.81. The van der Waals surface area contributed by atoms with E-state index in [1.807, 2.05) is 18.3 Å². The number of carbonyl (C=O) groups is 1. The highest BCUT2D eigenvalue weighted by Gasteiger charge is 2.43. The second kappa shape index (κ2) is 3.88. The smallest absolute Gasteiger partial charge is 0.341 e. The lowest BCUT2D eigenvalue weighted by Crippen LogP contribution is -2.26. The molecule has 0 radical (unpaired) electrons. The van der Waals surface area contributed by atoms with E-state index in [-0.39, 0.29) is 11.0 Å². The predicted octanol–water partition coefficient (Wildman–Crippen LogP) is 1.22. The SMILES string of the molecule is O=C(O)c1cc2c([nH]c1=O)C[C@@]1(C=Nc3ncccc31)C2. The van der Waals surface area contributed by atoms with Gasteiger partial charge in [-0.2, -0.15) is 0 Å². The van der Waals surface area contributed by atoms with E-state index in [9.17, 15) is 9.59 Å². The average Bonchev–Trinajstić information content (AvgIpc) is 2.99. The molecule has 1 spiro atoms. The summed E-state index contributed by atoms with van der Waals surface area (Å²) in [5.74, 6) is -0.506. The van der Waals surface area contributed by atoms with E-state index in [0.717, 1.165) is 16.8 Å². The number of nitrogens with one attached hydrogen (secondary N) is 1. The molecule has 4 rings (SSSR count). The quantitative estimate of drug-likeness (QED) is 0.821. The van der Waals surface area contributed by atoms with Crippen molar-refractivity contribution < 1.29 is 9.90 Å². The summed E-state index contributed by atoms with van der Waals surface area (Å²) in [4.78, 5) is 34.2. The molecule has 1 aliphatic carbocycles. The van der Waals surface area contributed by atoms with Crippen LogP contribution in [0, 0.1) is 0 Å². The number of aliphatic imine (C=N–C) groups is 1. The fourth-order valence-electron chi connectivity index (χ4n) is 3.23. The van der Waals surface area contributed by atoms with Crippen LogP contribution in [0.3, 0.4) is 0 Å². The van der Waals surface area contributed by atoms with Gasteiger partial charge in [-0.25, -0.2) is 14.8 Å². The minimum Gasteiger partial charge on any atom is -0.477 e. The van der Waals surface area contributed by atoms with Crippen LogP contribution < -0.4 is 5.56 Å². The number of carboxylic acid groups (broad SMARTS) is 1. The molecule has 6 heteroatoms. The first-order chi connectivity index (χ1) is 10.1. The topological polar surface area (TPSA) is 95.4 Å². The molecule has 0 bridgehead atoms. The Hall–Kier alpha value is -2.76. The van der Waals surface area contributed by atoms with Crippen LogP contribution in [0.25, 0.3) is 0 Å². The van der Waals surface area contributed by atoms with E-state index >= 15 is 0 Å². The van der Waals surface area contributed by atoms with Gasteiger partial charge in [-0.1, -0.05) is 6.07 Å². The van der Waals surface area contributed by atoms with Crippen LogP contribution in [0.1, 0.15) is 27.2 Å². The van der Waals surface area contributed by atoms with Crippen molar-refractivity contribution >= 4 is 18.0 Å². The molecule has 0 fully saturated rings. The summed E-state index contributed by atoms with van der Waals surface area (Å²) < 4.78 is 0. The number of H-pyrrole nitrogens is 1. The number of pyridine rings is 2. The summed E-state index contributed by atoms with van der Waals surface area (Å²) in [6.07, 6.45) is 4.80. The van der Waals surface area contributed by atoms with E-state index in [4.69, 9.17) is 5.11 Å². The van der Waals surface area contributed by atoms with Gasteiger partial charge in [0.2, 0.25) is 0 Å². The van der Waals surface area contributed by atoms with Crippen LogP contribution in [0.5, 0.6) is 0 Å².